The Morgan fingerprint density at radius 3 is 2.16 bits per heavy atom. The lowest BCUT2D eigenvalue weighted by Crippen LogP contribution is -2.48. The third-order valence-electron chi connectivity index (χ3n) is 3.75. The zero-order valence-corrected chi connectivity index (χ0v) is 10.5. The van der Waals surface area contributed by atoms with E-state index in [9.17, 15) is 14.7 Å². The van der Waals surface area contributed by atoms with E-state index in [4.69, 9.17) is 4.74 Å². The minimum Gasteiger partial charge on any atom is -0.388 e. The number of β-amino-alcohol motifs (C(OH)–C–C–N with tert-alkyl or cyclic N) is 1. The predicted molar refractivity (Wildman–Crippen MR) is 66.8 cm³/mol. The van der Waals surface area contributed by atoms with E-state index < -0.39 is 5.60 Å². The zero-order chi connectivity index (χ0) is 13.5. The Morgan fingerprint density at radius 2 is 1.63 bits per heavy atom. The van der Waals surface area contributed by atoms with Gasteiger partial charge in [-0.25, -0.2) is 0 Å². The molecule has 2 aliphatic rings. The first-order valence-corrected chi connectivity index (χ1v) is 6.36. The zero-order valence-electron chi connectivity index (χ0n) is 10.5. The summed E-state index contributed by atoms with van der Waals surface area (Å²) in [5.41, 5.74) is -0.183. The summed E-state index contributed by atoms with van der Waals surface area (Å²) in [5, 5.41) is 10.4. The van der Waals surface area contributed by atoms with Crippen LogP contribution >= 0.6 is 0 Å². The van der Waals surface area contributed by atoms with Crippen LogP contribution in [0.25, 0.3) is 0 Å². The van der Waals surface area contributed by atoms with Crippen molar-refractivity contribution in [3.05, 3.63) is 35.4 Å². The number of benzene rings is 1. The fourth-order valence-electron chi connectivity index (χ4n) is 2.59. The van der Waals surface area contributed by atoms with Crippen LogP contribution in [0.1, 0.15) is 33.6 Å². The van der Waals surface area contributed by atoms with Gasteiger partial charge in [-0.3, -0.25) is 14.5 Å². The molecule has 0 atom stereocenters. The number of rotatable bonds is 2. The summed E-state index contributed by atoms with van der Waals surface area (Å²) in [6.45, 7) is 0.960. The first-order chi connectivity index (χ1) is 9.11. The van der Waals surface area contributed by atoms with Gasteiger partial charge >= 0.3 is 0 Å². The van der Waals surface area contributed by atoms with Gasteiger partial charge in [0.25, 0.3) is 11.8 Å². The van der Waals surface area contributed by atoms with Crippen molar-refractivity contribution in [1.29, 1.82) is 0 Å². The fraction of sp³-hybridized carbons (Fsp3) is 0.429. The summed E-state index contributed by atoms with van der Waals surface area (Å²) in [6.07, 6.45) is 0.890. The highest BCUT2D eigenvalue weighted by molar-refractivity contribution is 6.21. The highest BCUT2D eigenvalue weighted by atomic mass is 16.5. The summed E-state index contributed by atoms with van der Waals surface area (Å²) in [4.78, 5) is 25.5. The van der Waals surface area contributed by atoms with Gasteiger partial charge in [0.1, 0.15) is 0 Å². The number of amides is 2. The molecule has 0 unspecified atom stereocenters. The second-order valence-electron chi connectivity index (χ2n) is 5.08. The average Bonchev–Trinajstić information content (AvgIpc) is 2.65. The van der Waals surface area contributed by atoms with Gasteiger partial charge in [-0.1, -0.05) is 12.1 Å². The molecule has 100 valence electrons. The average molecular weight is 261 g/mol. The molecule has 0 radical (unpaired) electrons. The molecule has 0 spiro atoms. The molecule has 1 fully saturated rings. The van der Waals surface area contributed by atoms with E-state index in [0.29, 0.717) is 37.2 Å². The quantitative estimate of drug-likeness (QED) is 0.800. The van der Waals surface area contributed by atoms with Gasteiger partial charge in [-0.05, 0) is 12.1 Å². The molecule has 2 amide bonds. The van der Waals surface area contributed by atoms with Crippen molar-refractivity contribution >= 4 is 11.8 Å². The Kier molecular flexibility index (Phi) is 2.88. The van der Waals surface area contributed by atoms with Crippen LogP contribution < -0.4 is 0 Å². The highest BCUT2D eigenvalue weighted by Crippen LogP contribution is 2.28. The number of nitrogens with zero attached hydrogens (tertiary/aromatic N) is 1. The van der Waals surface area contributed by atoms with Crippen LogP contribution in [0.15, 0.2) is 24.3 Å². The second-order valence-corrected chi connectivity index (χ2v) is 5.08. The van der Waals surface area contributed by atoms with Gasteiger partial charge in [0.05, 0.1) is 23.3 Å². The van der Waals surface area contributed by atoms with Crippen LogP contribution in [0.2, 0.25) is 0 Å². The number of hydrogen-bond acceptors (Lipinski definition) is 4. The number of hydrogen-bond donors (Lipinski definition) is 1. The van der Waals surface area contributed by atoms with Crippen molar-refractivity contribution in [3.8, 4) is 0 Å². The summed E-state index contributed by atoms with van der Waals surface area (Å²) in [6, 6.07) is 6.75. The first kappa shape index (κ1) is 12.3. The number of carbonyl (C=O) groups is 2. The van der Waals surface area contributed by atoms with Crippen LogP contribution in [-0.4, -0.2) is 47.2 Å². The second kappa shape index (κ2) is 4.43. The van der Waals surface area contributed by atoms with Crippen LogP contribution in [0.3, 0.4) is 0 Å². The van der Waals surface area contributed by atoms with Crippen molar-refractivity contribution in [2.45, 2.75) is 18.4 Å². The van der Waals surface area contributed by atoms with E-state index in [1.807, 2.05) is 0 Å². The van der Waals surface area contributed by atoms with E-state index in [1.54, 1.807) is 24.3 Å². The van der Waals surface area contributed by atoms with Gasteiger partial charge in [-0.15, -0.1) is 0 Å². The molecule has 5 heteroatoms. The lowest BCUT2D eigenvalue weighted by molar-refractivity contribution is -0.0722. The predicted octanol–water partition coefficient (Wildman–Crippen LogP) is 0.824. The van der Waals surface area contributed by atoms with Gasteiger partial charge in [0.2, 0.25) is 0 Å². The molecule has 0 bridgehead atoms. The largest absolute Gasteiger partial charge is 0.388 e. The molecule has 2 heterocycles. The van der Waals surface area contributed by atoms with Gasteiger partial charge < -0.3 is 9.84 Å². The molecule has 19 heavy (non-hydrogen) atoms. The van der Waals surface area contributed by atoms with Crippen LogP contribution in [0.5, 0.6) is 0 Å². The fourth-order valence-corrected chi connectivity index (χ4v) is 2.59. The summed E-state index contributed by atoms with van der Waals surface area (Å²) in [5.74, 6) is -0.638. The van der Waals surface area contributed by atoms with E-state index in [-0.39, 0.29) is 18.4 Å². The molecule has 5 nitrogen and oxygen atoms in total. The van der Waals surface area contributed by atoms with Crippen LogP contribution in [0.4, 0.5) is 0 Å². The van der Waals surface area contributed by atoms with Crippen molar-refractivity contribution in [2.24, 2.45) is 0 Å². The smallest absolute Gasteiger partial charge is 0.261 e. The Balaban J connectivity index is 1.84. The van der Waals surface area contributed by atoms with Crippen molar-refractivity contribution in [3.63, 3.8) is 0 Å². The Hall–Kier alpha value is -1.72. The number of aliphatic hydroxyl groups is 1. The molecule has 0 aromatic heterocycles. The maximum Gasteiger partial charge on any atom is 0.261 e. The maximum absolute atomic E-state index is 12.2. The van der Waals surface area contributed by atoms with Gasteiger partial charge in [0, 0.05) is 26.1 Å². The normalized spacial score (nSPS) is 21.6. The van der Waals surface area contributed by atoms with Crippen molar-refractivity contribution < 1.29 is 19.4 Å². The lowest BCUT2D eigenvalue weighted by Gasteiger charge is -2.34. The first-order valence-electron chi connectivity index (χ1n) is 6.36. The number of ether oxygens (including phenoxy) is 1. The van der Waals surface area contributed by atoms with E-state index in [1.165, 1.54) is 0 Å². The van der Waals surface area contributed by atoms with Gasteiger partial charge in [-0.2, -0.15) is 0 Å². The molecule has 1 saturated heterocycles. The summed E-state index contributed by atoms with van der Waals surface area (Å²) < 4.78 is 5.20. The Bertz CT molecular complexity index is 499. The van der Waals surface area contributed by atoms with Crippen molar-refractivity contribution in [1.82, 2.24) is 4.90 Å². The number of carbonyl (C=O) groups excluding carboxylic acids is 2. The monoisotopic (exact) mass is 261 g/mol. The van der Waals surface area contributed by atoms with Gasteiger partial charge in [0.15, 0.2) is 0 Å². The summed E-state index contributed by atoms with van der Waals surface area (Å²) in [7, 11) is 0. The number of fused-ring (bicyclic) bond motifs is 1. The molecular weight excluding hydrogens is 246 g/mol. The minimum atomic E-state index is -1.02. The molecule has 1 aromatic carbocycles. The molecule has 0 saturated carbocycles. The van der Waals surface area contributed by atoms with E-state index in [0.717, 1.165) is 4.90 Å². The molecular formula is C14H15NO4. The molecule has 0 aliphatic carbocycles. The maximum atomic E-state index is 12.2. The standard InChI is InChI=1S/C14H15NO4/c16-12-10-3-1-2-4-11(10)13(17)15(12)9-14(18)5-7-19-8-6-14/h1-4,18H,5-9H2. The highest BCUT2D eigenvalue weighted by Gasteiger charge is 2.41. The topological polar surface area (TPSA) is 66.8 Å². The SMILES string of the molecule is O=C1c2ccccc2C(=O)N1CC1(O)CCOCC1. The van der Waals surface area contributed by atoms with E-state index in [2.05, 4.69) is 0 Å². The minimum absolute atomic E-state index is 0.0444. The van der Waals surface area contributed by atoms with Crippen LogP contribution in [0, 0.1) is 0 Å². The van der Waals surface area contributed by atoms with Crippen molar-refractivity contribution in [2.75, 3.05) is 19.8 Å². The molecule has 3 rings (SSSR count). The summed E-state index contributed by atoms with van der Waals surface area (Å²) >= 11 is 0. The molecule has 1 N–H and O–H groups in total. The Labute approximate surface area is 110 Å². The molecule has 2 aliphatic heterocycles. The third-order valence-corrected chi connectivity index (χ3v) is 3.75. The van der Waals surface area contributed by atoms with E-state index >= 15 is 0 Å². The third kappa shape index (κ3) is 2.05. The molecule has 1 aromatic rings. The Morgan fingerprint density at radius 1 is 1.11 bits per heavy atom. The number of imide groups is 1. The lowest BCUT2D eigenvalue weighted by atomic mass is 9.94. The van der Waals surface area contributed by atoms with Crippen LogP contribution in [-0.2, 0) is 4.74 Å².